The maximum Gasteiger partial charge on any atom is 0.119 e. The van der Waals surface area contributed by atoms with Gasteiger partial charge < -0.3 is 9.84 Å². The molecule has 0 bridgehead atoms. The average molecular weight is 274 g/mol. The van der Waals surface area contributed by atoms with Gasteiger partial charge in [-0.25, -0.2) is 0 Å². The van der Waals surface area contributed by atoms with Crippen LogP contribution in [0.5, 0.6) is 5.75 Å². The highest BCUT2D eigenvalue weighted by molar-refractivity contribution is 5.20. The highest BCUT2D eigenvalue weighted by Gasteiger charge is 2.10. The molecule has 108 valence electrons. The van der Waals surface area contributed by atoms with E-state index in [0.29, 0.717) is 6.54 Å². The molecule has 2 aromatic rings. The number of rotatable bonds is 7. The summed E-state index contributed by atoms with van der Waals surface area (Å²) in [4.78, 5) is 0. The first-order valence-electron chi connectivity index (χ1n) is 7.08. The number of benzene rings is 1. The zero-order valence-electron chi connectivity index (χ0n) is 12.1. The van der Waals surface area contributed by atoms with E-state index in [2.05, 4.69) is 18.1 Å². The zero-order valence-corrected chi connectivity index (χ0v) is 12.1. The largest absolute Gasteiger partial charge is 0.491 e. The van der Waals surface area contributed by atoms with Gasteiger partial charge in [-0.15, -0.1) is 0 Å². The summed E-state index contributed by atoms with van der Waals surface area (Å²) < 4.78 is 7.39. The van der Waals surface area contributed by atoms with Crippen molar-refractivity contribution in [3.8, 4) is 5.75 Å². The highest BCUT2D eigenvalue weighted by atomic mass is 16.5. The summed E-state index contributed by atoms with van der Waals surface area (Å²) >= 11 is 0. The van der Waals surface area contributed by atoms with Crippen molar-refractivity contribution in [1.29, 1.82) is 0 Å². The van der Waals surface area contributed by atoms with Crippen molar-refractivity contribution in [3.63, 3.8) is 0 Å². The molecule has 1 atom stereocenters. The van der Waals surface area contributed by atoms with E-state index < -0.39 is 6.10 Å². The third-order valence-corrected chi connectivity index (χ3v) is 3.11. The normalized spacial score (nSPS) is 12.3. The van der Waals surface area contributed by atoms with Gasteiger partial charge in [0.05, 0.1) is 12.2 Å². The Kier molecular flexibility index (Phi) is 5.18. The Morgan fingerprint density at radius 1 is 1.30 bits per heavy atom. The Morgan fingerprint density at radius 3 is 2.75 bits per heavy atom. The number of ether oxygens (including phenoxy) is 1. The number of aryl methyl sites for hydroxylation is 2. The van der Waals surface area contributed by atoms with Crippen molar-refractivity contribution in [2.24, 2.45) is 0 Å². The molecule has 20 heavy (non-hydrogen) atoms. The first-order chi connectivity index (χ1) is 9.69. The third-order valence-electron chi connectivity index (χ3n) is 3.11. The number of nitrogens with zero attached hydrogens (tertiary/aromatic N) is 2. The molecule has 1 unspecified atom stereocenters. The molecule has 2 rings (SSSR count). The number of para-hydroxylation sites is 1. The minimum Gasteiger partial charge on any atom is -0.491 e. The van der Waals surface area contributed by atoms with Crippen molar-refractivity contribution in [2.45, 2.75) is 39.3 Å². The molecule has 0 spiro atoms. The van der Waals surface area contributed by atoms with Crippen LogP contribution in [0.3, 0.4) is 0 Å². The van der Waals surface area contributed by atoms with Gasteiger partial charge in [0.25, 0.3) is 0 Å². The highest BCUT2D eigenvalue weighted by Crippen LogP contribution is 2.10. The summed E-state index contributed by atoms with van der Waals surface area (Å²) in [6.07, 6.45) is 1.49. The van der Waals surface area contributed by atoms with E-state index in [0.717, 1.165) is 30.0 Å². The van der Waals surface area contributed by atoms with E-state index in [4.69, 9.17) is 4.74 Å². The molecule has 4 heteroatoms. The number of aromatic nitrogens is 2. The fourth-order valence-corrected chi connectivity index (χ4v) is 2.10. The fraction of sp³-hybridized carbons (Fsp3) is 0.438. The molecule has 0 saturated heterocycles. The van der Waals surface area contributed by atoms with Crippen LogP contribution < -0.4 is 4.74 Å². The van der Waals surface area contributed by atoms with E-state index in [1.807, 2.05) is 41.9 Å². The summed E-state index contributed by atoms with van der Waals surface area (Å²) in [7, 11) is 0. The van der Waals surface area contributed by atoms with Crippen molar-refractivity contribution in [3.05, 3.63) is 47.8 Å². The van der Waals surface area contributed by atoms with Gasteiger partial charge in [0.15, 0.2) is 0 Å². The molecule has 0 fully saturated rings. The summed E-state index contributed by atoms with van der Waals surface area (Å²) in [5.41, 5.74) is 2.16. The second-order valence-corrected chi connectivity index (χ2v) is 4.99. The Balaban J connectivity index is 1.86. The van der Waals surface area contributed by atoms with Crippen LogP contribution in [0.1, 0.15) is 24.7 Å². The molecule has 1 N–H and O–H groups in total. The van der Waals surface area contributed by atoms with E-state index in [-0.39, 0.29) is 6.61 Å². The van der Waals surface area contributed by atoms with Gasteiger partial charge in [-0.05, 0) is 31.5 Å². The second-order valence-electron chi connectivity index (χ2n) is 4.99. The van der Waals surface area contributed by atoms with E-state index in [9.17, 15) is 5.11 Å². The molecular weight excluding hydrogens is 252 g/mol. The molecule has 0 aliphatic carbocycles. The van der Waals surface area contributed by atoms with Gasteiger partial charge in [-0.2, -0.15) is 5.10 Å². The lowest BCUT2D eigenvalue weighted by Gasteiger charge is -2.13. The molecule has 4 nitrogen and oxygen atoms in total. The van der Waals surface area contributed by atoms with Crippen molar-refractivity contribution < 1.29 is 9.84 Å². The quantitative estimate of drug-likeness (QED) is 0.844. The number of aliphatic hydroxyl groups excluding tert-OH is 1. The molecule has 1 aromatic heterocycles. The molecular formula is C16H22N2O2. The van der Waals surface area contributed by atoms with Gasteiger partial charge in [0, 0.05) is 5.69 Å². The first kappa shape index (κ1) is 14.6. The van der Waals surface area contributed by atoms with Crippen molar-refractivity contribution in [1.82, 2.24) is 9.78 Å². The minimum absolute atomic E-state index is 0.270. The summed E-state index contributed by atoms with van der Waals surface area (Å²) in [6, 6.07) is 11.6. The molecule has 0 amide bonds. The van der Waals surface area contributed by atoms with Crippen LogP contribution in [-0.4, -0.2) is 27.6 Å². The number of hydrogen-bond acceptors (Lipinski definition) is 3. The van der Waals surface area contributed by atoms with Crippen LogP contribution in [0.25, 0.3) is 0 Å². The zero-order chi connectivity index (χ0) is 14.4. The van der Waals surface area contributed by atoms with Crippen LogP contribution in [0.2, 0.25) is 0 Å². The molecule has 1 heterocycles. The van der Waals surface area contributed by atoms with Gasteiger partial charge >= 0.3 is 0 Å². The predicted molar refractivity (Wildman–Crippen MR) is 78.9 cm³/mol. The van der Waals surface area contributed by atoms with Crippen LogP contribution >= 0.6 is 0 Å². The van der Waals surface area contributed by atoms with Gasteiger partial charge in [-0.1, -0.05) is 31.5 Å². The van der Waals surface area contributed by atoms with Crippen LogP contribution in [-0.2, 0) is 13.0 Å². The monoisotopic (exact) mass is 274 g/mol. The standard InChI is InChI=1S/C16H22N2O2/c1-3-7-14-10-13(2)18(17-14)11-15(19)12-20-16-8-5-4-6-9-16/h4-6,8-10,15,19H,3,7,11-12H2,1-2H3. The number of aliphatic hydroxyl groups is 1. The number of hydrogen-bond donors (Lipinski definition) is 1. The Bertz CT molecular complexity index is 523. The maximum atomic E-state index is 10.0. The lowest BCUT2D eigenvalue weighted by molar-refractivity contribution is 0.0887. The molecule has 0 radical (unpaired) electrons. The summed E-state index contributed by atoms with van der Waals surface area (Å²) in [6.45, 7) is 4.88. The molecule has 0 aliphatic rings. The van der Waals surface area contributed by atoms with Gasteiger partial charge in [0.2, 0.25) is 0 Å². The smallest absolute Gasteiger partial charge is 0.119 e. The summed E-state index contributed by atoms with van der Waals surface area (Å²) in [5, 5.41) is 14.5. The topological polar surface area (TPSA) is 47.3 Å². The lowest BCUT2D eigenvalue weighted by atomic mass is 10.2. The Hall–Kier alpha value is -1.81. The van der Waals surface area contributed by atoms with E-state index >= 15 is 0 Å². The maximum absolute atomic E-state index is 10.0. The molecule has 0 aliphatic heterocycles. The van der Waals surface area contributed by atoms with Crippen LogP contribution in [0.15, 0.2) is 36.4 Å². The SMILES string of the molecule is CCCc1cc(C)n(CC(O)COc2ccccc2)n1. The molecule has 1 aromatic carbocycles. The predicted octanol–water partition coefficient (Wildman–Crippen LogP) is 2.58. The van der Waals surface area contributed by atoms with Crippen molar-refractivity contribution in [2.75, 3.05) is 6.61 Å². The van der Waals surface area contributed by atoms with Gasteiger partial charge in [0.1, 0.15) is 18.5 Å². The fourth-order valence-electron chi connectivity index (χ4n) is 2.10. The Morgan fingerprint density at radius 2 is 2.05 bits per heavy atom. The van der Waals surface area contributed by atoms with Crippen LogP contribution in [0.4, 0.5) is 0 Å². The average Bonchev–Trinajstić information content (AvgIpc) is 2.78. The van der Waals surface area contributed by atoms with Gasteiger partial charge in [-0.3, -0.25) is 4.68 Å². The van der Waals surface area contributed by atoms with Crippen molar-refractivity contribution >= 4 is 0 Å². The Labute approximate surface area is 120 Å². The summed E-state index contributed by atoms with van der Waals surface area (Å²) in [5.74, 6) is 0.774. The lowest BCUT2D eigenvalue weighted by Crippen LogP contribution is -2.24. The second kappa shape index (κ2) is 7.10. The first-order valence-corrected chi connectivity index (χ1v) is 7.08. The third kappa shape index (κ3) is 4.10. The molecule has 0 saturated carbocycles. The van der Waals surface area contributed by atoms with E-state index in [1.165, 1.54) is 0 Å². The van der Waals surface area contributed by atoms with Crippen LogP contribution in [0, 0.1) is 6.92 Å². The minimum atomic E-state index is -0.566. The van der Waals surface area contributed by atoms with E-state index in [1.54, 1.807) is 0 Å².